The summed E-state index contributed by atoms with van der Waals surface area (Å²) in [5.41, 5.74) is 1.25. The first-order chi connectivity index (χ1) is 11.5. The molecule has 0 saturated carbocycles. The summed E-state index contributed by atoms with van der Waals surface area (Å²) in [6.45, 7) is 3.14. The van der Waals surface area contributed by atoms with Gasteiger partial charge in [0.15, 0.2) is 11.6 Å². The Bertz CT molecular complexity index is 949. The third-order valence-corrected chi connectivity index (χ3v) is 3.69. The van der Waals surface area contributed by atoms with E-state index < -0.39 is 11.5 Å². The molecular formula is C16H15FN4O3. The van der Waals surface area contributed by atoms with E-state index in [1.165, 1.54) is 13.0 Å². The topological polar surface area (TPSA) is 93.0 Å². The van der Waals surface area contributed by atoms with E-state index in [0.29, 0.717) is 16.8 Å². The van der Waals surface area contributed by atoms with Crippen molar-refractivity contribution in [1.29, 1.82) is 0 Å². The van der Waals surface area contributed by atoms with Crippen molar-refractivity contribution in [1.82, 2.24) is 20.2 Å². The Morgan fingerprint density at radius 2 is 2.08 bits per heavy atom. The van der Waals surface area contributed by atoms with Gasteiger partial charge in [-0.2, -0.15) is 4.68 Å². The molecule has 0 radical (unpaired) electrons. The van der Waals surface area contributed by atoms with Gasteiger partial charge in [-0.25, -0.2) is 14.3 Å². The van der Waals surface area contributed by atoms with Gasteiger partial charge in [-0.3, -0.25) is 0 Å². The molecule has 7 nitrogen and oxygen atoms in total. The Morgan fingerprint density at radius 3 is 2.79 bits per heavy atom. The van der Waals surface area contributed by atoms with E-state index in [1.807, 2.05) is 0 Å². The lowest BCUT2D eigenvalue weighted by Crippen LogP contribution is -2.18. The number of hydrogen-bond acceptors (Lipinski definition) is 5. The van der Waals surface area contributed by atoms with E-state index >= 15 is 0 Å². The molecule has 0 aliphatic carbocycles. The van der Waals surface area contributed by atoms with E-state index in [0.717, 1.165) is 4.68 Å². The van der Waals surface area contributed by atoms with Gasteiger partial charge in [0.2, 0.25) is 0 Å². The summed E-state index contributed by atoms with van der Waals surface area (Å²) >= 11 is 0. The molecule has 0 aliphatic heterocycles. The SMILES string of the molecule is Cc1cc(O)c(C)c(F)c1OCc1ccccc1-n1nn[nH]c1=O. The van der Waals surface area contributed by atoms with Crippen LogP contribution in [0.1, 0.15) is 16.7 Å². The maximum Gasteiger partial charge on any atom is 0.365 e. The lowest BCUT2D eigenvalue weighted by atomic mass is 10.1. The van der Waals surface area contributed by atoms with Gasteiger partial charge >= 0.3 is 5.69 Å². The van der Waals surface area contributed by atoms with Crippen molar-refractivity contribution in [3.63, 3.8) is 0 Å². The van der Waals surface area contributed by atoms with Crippen molar-refractivity contribution in [3.8, 4) is 17.2 Å². The summed E-state index contributed by atoms with van der Waals surface area (Å²) in [6.07, 6.45) is 0. The van der Waals surface area contributed by atoms with Crippen LogP contribution < -0.4 is 10.4 Å². The Hall–Kier alpha value is -3.16. The predicted molar refractivity (Wildman–Crippen MR) is 83.9 cm³/mol. The van der Waals surface area contributed by atoms with E-state index in [1.54, 1.807) is 31.2 Å². The maximum atomic E-state index is 14.3. The summed E-state index contributed by atoms with van der Waals surface area (Å²) in [4.78, 5) is 11.7. The molecule has 3 aromatic rings. The number of rotatable bonds is 4. The first-order valence-electron chi connectivity index (χ1n) is 7.19. The average molecular weight is 330 g/mol. The number of tetrazole rings is 1. The first-order valence-corrected chi connectivity index (χ1v) is 7.19. The number of aromatic amines is 1. The minimum Gasteiger partial charge on any atom is -0.508 e. The molecule has 24 heavy (non-hydrogen) atoms. The molecule has 0 bridgehead atoms. The van der Waals surface area contributed by atoms with Crippen molar-refractivity contribution in [3.05, 3.63) is 63.3 Å². The number of nitrogens with zero attached hydrogens (tertiary/aromatic N) is 3. The van der Waals surface area contributed by atoms with Crippen LogP contribution in [0.5, 0.6) is 11.5 Å². The zero-order valence-electron chi connectivity index (χ0n) is 13.1. The zero-order valence-corrected chi connectivity index (χ0v) is 13.1. The molecule has 2 N–H and O–H groups in total. The van der Waals surface area contributed by atoms with Crippen LogP contribution in [0.3, 0.4) is 0 Å². The number of nitrogens with one attached hydrogen (secondary N) is 1. The van der Waals surface area contributed by atoms with Crippen molar-refractivity contribution in [2.45, 2.75) is 20.5 Å². The third-order valence-electron chi connectivity index (χ3n) is 3.69. The largest absolute Gasteiger partial charge is 0.508 e. The van der Waals surface area contributed by atoms with Crippen LogP contribution in [-0.2, 0) is 6.61 Å². The smallest absolute Gasteiger partial charge is 0.365 e. The molecule has 0 spiro atoms. The lowest BCUT2D eigenvalue weighted by Gasteiger charge is -2.14. The highest BCUT2D eigenvalue weighted by atomic mass is 19.1. The fourth-order valence-electron chi connectivity index (χ4n) is 2.36. The second-order valence-corrected chi connectivity index (χ2v) is 5.32. The third kappa shape index (κ3) is 2.73. The number of aromatic nitrogens is 4. The molecule has 0 fully saturated rings. The molecule has 1 heterocycles. The van der Waals surface area contributed by atoms with E-state index in [2.05, 4.69) is 15.5 Å². The van der Waals surface area contributed by atoms with Crippen LogP contribution in [0.25, 0.3) is 5.69 Å². The summed E-state index contributed by atoms with van der Waals surface area (Å²) in [5, 5.41) is 19.0. The Morgan fingerprint density at radius 1 is 1.33 bits per heavy atom. The van der Waals surface area contributed by atoms with Gasteiger partial charge in [0.1, 0.15) is 12.4 Å². The molecule has 2 aromatic carbocycles. The van der Waals surface area contributed by atoms with E-state index in [-0.39, 0.29) is 23.7 Å². The number of benzene rings is 2. The number of phenols is 1. The van der Waals surface area contributed by atoms with Crippen LogP contribution in [0, 0.1) is 19.7 Å². The summed E-state index contributed by atoms with van der Waals surface area (Å²) in [7, 11) is 0. The Balaban J connectivity index is 1.94. The predicted octanol–water partition coefficient (Wildman–Crippen LogP) is 2.00. The monoisotopic (exact) mass is 330 g/mol. The normalized spacial score (nSPS) is 10.8. The number of phenolic OH excluding ortho intramolecular Hbond substituents is 1. The number of H-pyrrole nitrogens is 1. The standard InChI is InChI=1S/C16H15FN4O3/c1-9-7-13(22)10(2)14(17)15(9)24-8-11-5-3-4-6-12(11)21-16(23)18-19-20-21/h3-7,22H,8H2,1-2H3,(H,18,20,23). The first kappa shape index (κ1) is 15.7. The number of ether oxygens (including phenoxy) is 1. The van der Waals surface area contributed by atoms with Crippen molar-refractivity contribution in [2.75, 3.05) is 0 Å². The summed E-state index contributed by atoms with van der Waals surface area (Å²) in [5.74, 6) is -0.664. The lowest BCUT2D eigenvalue weighted by molar-refractivity contribution is 0.285. The molecule has 124 valence electrons. The summed E-state index contributed by atoms with van der Waals surface area (Å²) < 4.78 is 21.0. The molecule has 1 aromatic heterocycles. The molecular weight excluding hydrogens is 315 g/mol. The van der Waals surface area contributed by atoms with Crippen molar-refractivity contribution < 1.29 is 14.2 Å². The molecule has 0 unspecified atom stereocenters. The fourth-order valence-corrected chi connectivity index (χ4v) is 2.36. The molecule has 0 amide bonds. The number of para-hydroxylation sites is 1. The van der Waals surface area contributed by atoms with Gasteiger partial charge < -0.3 is 9.84 Å². The van der Waals surface area contributed by atoms with Crippen molar-refractivity contribution in [2.24, 2.45) is 0 Å². The molecule has 0 aliphatic rings. The van der Waals surface area contributed by atoms with E-state index in [4.69, 9.17) is 4.74 Å². The zero-order chi connectivity index (χ0) is 17.3. The van der Waals surface area contributed by atoms with Crippen LogP contribution in [0.15, 0.2) is 35.1 Å². The van der Waals surface area contributed by atoms with Crippen molar-refractivity contribution >= 4 is 0 Å². The minimum atomic E-state index is -0.608. The number of aryl methyl sites for hydroxylation is 1. The molecule has 0 atom stereocenters. The highest BCUT2D eigenvalue weighted by Crippen LogP contribution is 2.32. The van der Waals surface area contributed by atoms with E-state index in [9.17, 15) is 14.3 Å². The van der Waals surface area contributed by atoms with Gasteiger partial charge in [-0.15, -0.1) is 0 Å². The molecule has 3 rings (SSSR count). The van der Waals surface area contributed by atoms with Gasteiger partial charge in [-0.05, 0) is 42.0 Å². The quantitative estimate of drug-likeness (QED) is 0.763. The fraction of sp³-hybridized carbons (Fsp3) is 0.188. The van der Waals surface area contributed by atoms with Crippen LogP contribution in [-0.4, -0.2) is 25.3 Å². The highest BCUT2D eigenvalue weighted by Gasteiger charge is 2.16. The second kappa shape index (κ2) is 6.15. The number of halogens is 1. The molecule has 0 saturated heterocycles. The maximum absolute atomic E-state index is 14.3. The Labute approximate surface area is 136 Å². The summed E-state index contributed by atoms with van der Waals surface area (Å²) in [6, 6.07) is 8.40. The van der Waals surface area contributed by atoms with Gasteiger partial charge in [-0.1, -0.05) is 18.2 Å². The van der Waals surface area contributed by atoms with Gasteiger partial charge in [0.05, 0.1) is 5.69 Å². The number of aromatic hydroxyl groups is 1. The number of hydrogen-bond donors (Lipinski definition) is 2. The average Bonchev–Trinajstić information content (AvgIpc) is 2.99. The highest BCUT2D eigenvalue weighted by molar-refractivity contribution is 5.46. The van der Waals surface area contributed by atoms with Crippen LogP contribution in [0.2, 0.25) is 0 Å². The van der Waals surface area contributed by atoms with Gasteiger partial charge in [0.25, 0.3) is 0 Å². The second-order valence-electron chi connectivity index (χ2n) is 5.32. The van der Waals surface area contributed by atoms with Gasteiger partial charge in [0, 0.05) is 11.1 Å². The van der Waals surface area contributed by atoms with Crippen LogP contribution in [0.4, 0.5) is 4.39 Å². The van der Waals surface area contributed by atoms with Crippen LogP contribution >= 0.6 is 0 Å². The molecule has 8 heteroatoms. The Kier molecular flexibility index (Phi) is 4.03. The minimum absolute atomic E-state index is 0.0252.